The highest BCUT2D eigenvalue weighted by atomic mass is 16.8. The summed E-state index contributed by atoms with van der Waals surface area (Å²) in [5.74, 6) is 0.949. The largest absolute Gasteiger partial charge is 0.458 e. The van der Waals surface area contributed by atoms with Crippen molar-refractivity contribution in [2.75, 3.05) is 13.2 Å². The Bertz CT molecular complexity index is 894. The van der Waals surface area contributed by atoms with Gasteiger partial charge in [-0.05, 0) is 42.6 Å². The normalized spacial score (nSPS) is 56.5. The van der Waals surface area contributed by atoms with Gasteiger partial charge in [-0.2, -0.15) is 0 Å². The molecular formula is C24H32O6. The van der Waals surface area contributed by atoms with Crippen LogP contribution in [0.5, 0.6) is 0 Å². The van der Waals surface area contributed by atoms with E-state index in [0.717, 1.165) is 24.8 Å². The first kappa shape index (κ1) is 18.6. The minimum absolute atomic E-state index is 0.0665. The Hall–Kier alpha value is -0.950. The van der Waals surface area contributed by atoms with Crippen LogP contribution in [0, 0.1) is 23.2 Å². The summed E-state index contributed by atoms with van der Waals surface area (Å²) < 4.78 is 32.1. The summed E-state index contributed by atoms with van der Waals surface area (Å²) in [6, 6.07) is 0. The molecule has 3 aliphatic carbocycles. The average Bonchev–Trinajstić information content (AvgIpc) is 3.58. The molecule has 30 heavy (non-hydrogen) atoms. The zero-order valence-corrected chi connectivity index (χ0v) is 18.5. The maximum atomic E-state index is 12.2. The second kappa shape index (κ2) is 5.16. The molecule has 4 heterocycles. The Morgan fingerprint density at radius 3 is 2.67 bits per heavy atom. The van der Waals surface area contributed by atoms with E-state index in [1.54, 1.807) is 0 Å². The number of esters is 1. The molecule has 0 bridgehead atoms. The number of carbonyl (C=O) groups is 1. The maximum absolute atomic E-state index is 12.2. The Morgan fingerprint density at radius 1 is 1.13 bits per heavy atom. The Labute approximate surface area is 177 Å². The van der Waals surface area contributed by atoms with Gasteiger partial charge < -0.3 is 23.7 Å². The maximum Gasteiger partial charge on any atom is 0.334 e. The van der Waals surface area contributed by atoms with Crippen molar-refractivity contribution in [3.05, 3.63) is 11.1 Å². The lowest BCUT2D eigenvalue weighted by Crippen LogP contribution is -2.69. The van der Waals surface area contributed by atoms with Gasteiger partial charge in [0.2, 0.25) is 0 Å². The van der Waals surface area contributed by atoms with Gasteiger partial charge in [-0.25, -0.2) is 4.79 Å². The monoisotopic (exact) mass is 416 g/mol. The van der Waals surface area contributed by atoms with E-state index in [9.17, 15) is 4.79 Å². The van der Waals surface area contributed by atoms with E-state index >= 15 is 0 Å². The molecule has 0 aromatic heterocycles. The zero-order valence-electron chi connectivity index (χ0n) is 18.5. The molecule has 5 fully saturated rings. The van der Waals surface area contributed by atoms with Crippen molar-refractivity contribution < 1.29 is 28.5 Å². The minimum Gasteiger partial charge on any atom is -0.458 e. The van der Waals surface area contributed by atoms with Crippen LogP contribution in [0.4, 0.5) is 0 Å². The first-order valence-electron chi connectivity index (χ1n) is 11.8. The van der Waals surface area contributed by atoms with Gasteiger partial charge in [-0.3, -0.25) is 0 Å². The van der Waals surface area contributed by atoms with Crippen LogP contribution < -0.4 is 0 Å². The van der Waals surface area contributed by atoms with Crippen molar-refractivity contribution in [2.24, 2.45) is 23.2 Å². The van der Waals surface area contributed by atoms with Gasteiger partial charge in [0, 0.05) is 17.6 Å². The van der Waals surface area contributed by atoms with Gasteiger partial charge in [0.25, 0.3) is 0 Å². The second-order valence-electron chi connectivity index (χ2n) is 11.6. The molecule has 6 heteroatoms. The van der Waals surface area contributed by atoms with Gasteiger partial charge in [0.05, 0.1) is 6.10 Å². The van der Waals surface area contributed by atoms with Crippen LogP contribution in [0.1, 0.15) is 53.9 Å². The van der Waals surface area contributed by atoms with E-state index < -0.39 is 5.60 Å². The van der Waals surface area contributed by atoms with Crippen molar-refractivity contribution in [3.8, 4) is 0 Å². The van der Waals surface area contributed by atoms with E-state index in [4.69, 9.17) is 23.7 Å². The molecular weight excluding hydrogens is 384 g/mol. The Morgan fingerprint density at radius 2 is 1.93 bits per heavy atom. The summed E-state index contributed by atoms with van der Waals surface area (Å²) in [4.78, 5) is 12.2. The van der Waals surface area contributed by atoms with Crippen LogP contribution in [0.2, 0.25) is 0 Å². The number of carbonyl (C=O) groups excluding carboxylic acids is 1. The molecule has 7 rings (SSSR count). The number of epoxide rings is 3. The Kier molecular flexibility index (Phi) is 3.20. The quantitative estimate of drug-likeness (QED) is 0.518. The summed E-state index contributed by atoms with van der Waals surface area (Å²) in [7, 11) is 0. The highest BCUT2D eigenvalue weighted by Crippen LogP contribution is 2.83. The number of hydrogen-bond donors (Lipinski definition) is 0. The summed E-state index contributed by atoms with van der Waals surface area (Å²) in [5.41, 5.74) is 0.935. The van der Waals surface area contributed by atoms with Crippen LogP contribution in [0.15, 0.2) is 11.1 Å². The minimum atomic E-state index is -0.420. The third kappa shape index (κ3) is 1.70. The molecule has 2 saturated carbocycles. The molecule has 9 atom stereocenters. The molecule has 0 N–H and O–H groups in total. The molecule has 2 spiro atoms. The summed E-state index contributed by atoms with van der Waals surface area (Å²) in [5, 5.41) is 0. The van der Waals surface area contributed by atoms with E-state index in [1.807, 2.05) is 0 Å². The number of fused-ring (bicyclic) bond motifs is 4. The fourth-order valence-electron chi connectivity index (χ4n) is 8.21. The van der Waals surface area contributed by atoms with Crippen molar-refractivity contribution in [2.45, 2.75) is 95.1 Å². The topological polar surface area (TPSA) is 73.1 Å². The fraction of sp³-hybridized carbons (Fsp3) is 0.875. The van der Waals surface area contributed by atoms with Crippen LogP contribution in [-0.2, 0) is 28.5 Å². The Balaban J connectivity index is 1.34. The van der Waals surface area contributed by atoms with E-state index in [0.29, 0.717) is 25.0 Å². The van der Waals surface area contributed by atoms with Crippen LogP contribution in [0.3, 0.4) is 0 Å². The molecule has 0 radical (unpaired) electrons. The summed E-state index contributed by atoms with van der Waals surface area (Å²) in [6.07, 6.45) is 2.77. The third-order valence-corrected chi connectivity index (χ3v) is 9.66. The molecule has 3 saturated heterocycles. The van der Waals surface area contributed by atoms with Gasteiger partial charge >= 0.3 is 5.97 Å². The lowest BCUT2D eigenvalue weighted by atomic mass is 9.46. The molecule has 7 aliphatic rings. The van der Waals surface area contributed by atoms with Crippen molar-refractivity contribution in [1.82, 2.24) is 0 Å². The molecule has 164 valence electrons. The summed E-state index contributed by atoms with van der Waals surface area (Å²) in [6.45, 7) is 12.4. The molecule has 4 aliphatic heterocycles. The SMILES string of the molecule is CC(C)CO[C@@H]1[C@@]2(C(C)C)O[C@H]2[C@@H]2O[C@]23[C@]12O[C@H]2C[C@H]1C2=C(CC[C@@]13C)C(=O)OC2. The second-order valence-corrected chi connectivity index (χ2v) is 11.6. The van der Waals surface area contributed by atoms with Gasteiger partial charge in [-0.15, -0.1) is 0 Å². The number of ether oxygens (including phenoxy) is 5. The molecule has 6 nitrogen and oxygen atoms in total. The van der Waals surface area contributed by atoms with Gasteiger partial charge in [-0.1, -0.05) is 34.6 Å². The number of rotatable bonds is 4. The van der Waals surface area contributed by atoms with Gasteiger partial charge in [0.15, 0.2) is 5.60 Å². The number of cyclic esters (lactones) is 1. The van der Waals surface area contributed by atoms with E-state index in [-0.39, 0.29) is 52.9 Å². The van der Waals surface area contributed by atoms with E-state index in [2.05, 4.69) is 34.6 Å². The first-order chi connectivity index (χ1) is 14.2. The smallest absolute Gasteiger partial charge is 0.334 e. The lowest BCUT2D eigenvalue weighted by molar-refractivity contribution is -0.136. The third-order valence-electron chi connectivity index (χ3n) is 9.66. The lowest BCUT2D eigenvalue weighted by Gasteiger charge is -2.54. The number of hydrogen-bond acceptors (Lipinski definition) is 6. The predicted molar refractivity (Wildman–Crippen MR) is 106 cm³/mol. The molecule has 0 amide bonds. The van der Waals surface area contributed by atoms with E-state index in [1.165, 1.54) is 5.57 Å². The van der Waals surface area contributed by atoms with Crippen LogP contribution >= 0.6 is 0 Å². The van der Waals surface area contributed by atoms with Gasteiger partial charge in [0.1, 0.15) is 36.1 Å². The van der Waals surface area contributed by atoms with Crippen molar-refractivity contribution >= 4 is 5.97 Å². The standard InChI is InChI=1S/C24H32O6/c1-11(2)9-27-20-22(12(3)4)17(29-22)18-24(30-18)21(5)7-6-13-14(10-26-19(13)25)15(21)8-16-23(20,24)28-16/h11-12,15-18,20H,6-10H2,1-5H3/t15-,16-,17-,18-,20+,21-,22-,23+,24+/m0/s1. The predicted octanol–water partition coefficient (Wildman–Crippen LogP) is 2.78. The van der Waals surface area contributed by atoms with Crippen LogP contribution in [0.25, 0.3) is 0 Å². The van der Waals surface area contributed by atoms with Crippen molar-refractivity contribution in [1.29, 1.82) is 0 Å². The van der Waals surface area contributed by atoms with Crippen LogP contribution in [-0.4, -0.2) is 60.4 Å². The first-order valence-corrected chi connectivity index (χ1v) is 11.8. The summed E-state index contributed by atoms with van der Waals surface area (Å²) >= 11 is 0. The van der Waals surface area contributed by atoms with Crippen molar-refractivity contribution in [3.63, 3.8) is 0 Å². The fourth-order valence-corrected chi connectivity index (χ4v) is 8.21. The molecule has 0 unspecified atom stereocenters. The highest BCUT2D eigenvalue weighted by Gasteiger charge is 3.00. The average molecular weight is 417 g/mol. The molecule has 0 aromatic rings. The zero-order chi connectivity index (χ0) is 20.8. The molecule has 0 aromatic carbocycles. The highest BCUT2D eigenvalue weighted by molar-refractivity contribution is 5.92.